The second-order valence-electron chi connectivity index (χ2n) is 7.99. The Balaban J connectivity index is 1.24. The molecule has 7 nitrogen and oxygen atoms in total. The van der Waals surface area contributed by atoms with Gasteiger partial charge in [-0.15, -0.1) is 0 Å². The molecule has 0 bridgehead atoms. The molecule has 3 aliphatic heterocycles. The van der Waals surface area contributed by atoms with Crippen LogP contribution in [0.15, 0.2) is 24.4 Å². The molecule has 0 atom stereocenters. The third-order valence-electron chi connectivity index (χ3n) is 6.29. The lowest BCUT2D eigenvalue weighted by atomic mass is 9.92. The molecule has 152 valence electrons. The van der Waals surface area contributed by atoms with Crippen molar-refractivity contribution in [3.8, 4) is 0 Å². The molecule has 4 heterocycles. The van der Waals surface area contributed by atoms with Crippen LogP contribution in [0.5, 0.6) is 0 Å². The minimum Gasteiger partial charge on any atom is -0.381 e. The Morgan fingerprint density at radius 3 is 2.04 bits per heavy atom. The van der Waals surface area contributed by atoms with Crippen molar-refractivity contribution in [1.82, 2.24) is 14.8 Å². The summed E-state index contributed by atoms with van der Waals surface area (Å²) in [4.78, 5) is 36.2. The maximum absolute atomic E-state index is 12.9. The number of likely N-dealkylation sites (tertiary alicyclic amines) is 1. The number of nitrogens with zero attached hydrogens (tertiary/aromatic N) is 4. The fraction of sp³-hybridized carbons (Fsp3) is 0.667. The van der Waals surface area contributed by atoms with Crippen molar-refractivity contribution in [3.63, 3.8) is 0 Å². The van der Waals surface area contributed by atoms with Crippen molar-refractivity contribution >= 4 is 17.6 Å². The lowest BCUT2D eigenvalue weighted by Gasteiger charge is -2.39. The Labute approximate surface area is 166 Å². The Hall–Kier alpha value is -2.15. The van der Waals surface area contributed by atoms with Crippen molar-refractivity contribution in [1.29, 1.82) is 0 Å². The van der Waals surface area contributed by atoms with E-state index >= 15 is 0 Å². The summed E-state index contributed by atoms with van der Waals surface area (Å²) < 4.78 is 5.36. The number of anilines is 1. The molecular formula is C21H30N4O3. The number of carbonyl (C=O) groups excluding carboxylic acids is 2. The molecule has 3 fully saturated rings. The summed E-state index contributed by atoms with van der Waals surface area (Å²) in [6.07, 6.45) is 5.04. The smallest absolute Gasteiger partial charge is 0.225 e. The number of carbonyl (C=O) groups is 2. The molecule has 3 aliphatic rings. The van der Waals surface area contributed by atoms with Crippen molar-refractivity contribution in [2.75, 3.05) is 57.4 Å². The van der Waals surface area contributed by atoms with E-state index in [1.165, 1.54) is 0 Å². The summed E-state index contributed by atoms with van der Waals surface area (Å²) in [5.41, 5.74) is 0. The van der Waals surface area contributed by atoms with E-state index < -0.39 is 0 Å². The third kappa shape index (κ3) is 4.29. The highest BCUT2D eigenvalue weighted by molar-refractivity contribution is 5.81. The van der Waals surface area contributed by atoms with Gasteiger partial charge < -0.3 is 19.4 Å². The van der Waals surface area contributed by atoms with Crippen LogP contribution in [0.4, 0.5) is 5.82 Å². The molecule has 0 radical (unpaired) electrons. The maximum atomic E-state index is 12.9. The second-order valence-corrected chi connectivity index (χ2v) is 7.99. The predicted octanol–water partition coefficient (Wildman–Crippen LogP) is 1.40. The van der Waals surface area contributed by atoms with Crippen LogP contribution in [0.1, 0.15) is 25.7 Å². The zero-order valence-corrected chi connectivity index (χ0v) is 16.5. The monoisotopic (exact) mass is 386 g/mol. The summed E-state index contributed by atoms with van der Waals surface area (Å²) in [7, 11) is 0. The molecule has 0 saturated carbocycles. The summed E-state index contributed by atoms with van der Waals surface area (Å²) in [6, 6.07) is 5.93. The molecule has 1 aromatic heterocycles. The van der Waals surface area contributed by atoms with Gasteiger partial charge in [-0.3, -0.25) is 9.59 Å². The Bertz CT molecular complexity index is 661. The fourth-order valence-corrected chi connectivity index (χ4v) is 4.50. The van der Waals surface area contributed by atoms with E-state index in [4.69, 9.17) is 4.74 Å². The average molecular weight is 386 g/mol. The van der Waals surface area contributed by atoms with E-state index in [9.17, 15) is 9.59 Å². The largest absolute Gasteiger partial charge is 0.381 e. The number of amides is 2. The number of pyridine rings is 1. The third-order valence-corrected chi connectivity index (χ3v) is 6.29. The van der Waals surface area contributed by atoms with Crippen LogP contribution < -0.4 is 4.90 Å². The highest BCUT2D eigenvalue weighted by atomic mass is 16.5. The molecule has 4 rings (SSSR count). The van der Waals surface area contributed by atoms with Gasteiger partial charge in [-0.1, -0.05) is 6.07 Å². The number of piperazine rings is 1. The fourth-order valence-electron chi connectivity index (χ4n) is 4.50. The van der Waals surface area contributed by atoms with Gasteiger partial charge in [0.25, 0.3) is 0 Å². The van der Waals surface area contributed by atoms with Crippen molar-refractivity contribution in [2.45, 2.75) is 25.7 Å². The summed E-state index contributed by atoms with van der Waals surface area (Å²) in [5, 5.41) is 0. The molecule has 2 amide bonds. The molecule has 0 aromatic carbocycles. The van der Waals surface area contributed by atoms with Gasteiger partial charge in [0.2, 0.25) is 11.8 Å². The van der Waals surface area contributed by atoms with Crippen molar-refractivity contribution in [2.24, 2.45) is 11.8 Å². The highest BCUT2D eigenvalue weighted by Crippen LogP contribution is 2.25. The SMILES string of the molecule is O=C(C1CCOCC1)N1CCC(C(=O)N2CCN(c3ccccn3)CC2)CC1. The zero-order chi connectivity index (χ0) is 19.3. The van der Waals surface area contributed by atoms with Crippen LogP contribution in [0.25, 0.3) is 0 Å². The molecule has 1 aromatic rings. The number of aromatic nitrogens is 1. The minimum absolute atomic E-state index is 0.0557. The molecule has 3 saturated heterocycles. The normalized spacial score (nSPS) is 22.4. The van der Waals surface area contributed by atoms with Crippen LogP contribution in [-0.4, -0.2) is 79.1 Å². The first kappa shape index (κ1) is 19.2. The van der Waals surface area contributed by atoms with Crippen LogP contribution in [0.3, 0.4) is 0 Å². The molecule has 28 heavy (non-hydrogen) atoms. The Kier molecular flexibility index (Phi) is 6.10. The summed E-state index contributed by atoms with van der Waals surface area (Å²) in [5.74, 6) is 1.67. The van der Waals surface area contributed by atoms with E-state index in [-0.39, 0.29) is 23.7 Å². The van der Waals surface area contributed by atoms with Gasteiger partial charge in [0, 0.05) is 70.5 Å². The average Bonchev–Trinajstić information content (AvgIpc) is 2.79. The first-order valence-electron chi connectivity index (χ1n) is 10.5. The first-order valence-corrected chi connectivity index (χ1v) is 10.5. The lowest BCUT2D eigenvalue weighted by molar-refractivity contribution is -0.144. The molecule has 0 aliphatic carbocycles. The van der Waals surface area contributed by atoms with Gasteiger partial charge in [0.1, 0.15) is 5.82 Å². The molecule has 0 N–H and O–H groups in total. The van der Waals surface area contributed by atoms with Crippen LogP contribution >= 0.6 is 0 Å². The van der Waals surface area contributed by atoms with Crippen molar-refractivity contribution in [3.05, 3.63) is 24.4 Å². The van der Waals surface area contributed by atoms with Gasteiger partial charge in [0.15, 0.2) is 0 Å². The van der Waals surface area contributed by atoms with E-state index in [1.54, 1.807) is 0 Å². The lowest BCUT2D eigenvalue weighted by Crippen LogP contribution is -2.52. The second kappa shape index (κ2) is 8.90. The first-order chi connectivity index (χ1) is 13.7. The van der Waals surface area contributed by atoms with Gasteiger partial charge >= 0.3 is 0 Å². The van der Waals surface area contributed by atoms with Crippen LogP contribution in [0, 0.1) is 11.8 Å². The quantitative estimate of drug-likeness (QED) is 0.786. The maximum Gasteiger partial charge on any atom is 0.225 e. The minimum atomic E-state index is 0.0557. The van der Waals surface area contributed by atoms with Gasteiger partial charge in [-0.2, -0.15) is 0 Å². The standard InChI is InChI=1S/C21H30N4O3/c26-20(25-13-11-23(12-14-25)19-3-1-2-8-22-19)17-4-9-24(10-5-17)21(27)18-6-15-28-16-7-18/h1-3,8,17-18H,4-7,9-16H2. The number of hydrogen-bond donors (Lipinski definition) is 0. The Morgan fingerprint density at radius 1 is 0.821 bits per heavy atom. The summed E-state index contributed by atoms with van der Waals surface area (Å²) >= 11 is 0. The van der Waals surface area contributed by atoms with E-state index in [0.29, 0.717) is 26.3 Å². The van der Waals surface area contributed by atoms with E-state index in [1.807, 2.05) is 34.2 Å². The van der Waals surface area contributed by atoms with Crippen molar-refractivity contribution < 1.29 is 14.3 Å². The number of hydrogen-bond acceptors (Lipinski definition) is 5. The summed E-state index contributed by atoms with van der Waals surface area (Å²) in [6.45, 7) is 5.94. The van der Waals surface area contributed by atoms with Gasteiger partial charge in [0.05, 0.1) is 0 Å². The topological polar surface area (TPSA) is 66.0 Å². The van der Waals surface area contributed by atoms with Crippen LogP contribution in [0.2, 0.25) is 0 Å². The zero-order valence-electron chi connectivity index (χ0n) is 16.5. The predicted molar refractivity (Wildman–Crippen MR) is 106 cm³/mol. The van der Waals surface area contributed by atoms with Gasteiger partial charge in [-0.05, 0) is 37.8 Å². The number of piperidine rings is 1. The van der Waals surface area contributed by atoms with Gasteiger partial charge in [-0.25, -0.2) is 4.98 Å². The molecule has 0 spiro atoms. The van der Waals surface area contributed by atoms with E-state index in [2.05, 4.69) is 9.88 Å². The molecule has 7 heteroatoms. The molecule has 0 unspecified atom stereocenters. The van der Waals surface area contributed by atoms with Crippen LogP contribution in [-0.2, 0) is 14.3 Å². The number of rotatable bonds is 3. The number of ether oxygens (including phenoxy) is 1. The molecular weight excluding hydrogens is 356 g/mol. The highest BCUT2D eigenvalue weighted by Gasteiger charge is 2.34. The van der Waals surface area contributed by atoms with E-state index in [0.717, 1.165) is 57.7 Å². The Morgan fingerprint density at radius 2 is 1.43 bits per heavy atom.